The van der Waals surface area contributed by atoms with Crippen LogP contribution < -0.4 is 5.32 Å². The third-order valence-electron chi connectivity index (χ3n) is 4.99. The number of aryl methyl sites for hydroxylation is 1. The van der Waals surface area contributed by atoms with Crippen molar-refractivity contribution in [2.75, 3.05) is 13.1 Å². The van der Waals surface area contributed by atoms with Crippen LogP contribution in [0, 0.1) is 6.92 Å². The molecule has 1 unspecified atom stereocenters. The van der Waals surface area contributed by atoms with Gasteiger partial charge in [0.15, 0.2) is 0 Å². The van der Waals surface area contributed by atoms with E-state index < -0.39 is 10.0 Å². The number of benzene rings is 2. The van der Waals surface area contributed by atoms with Crippen molar-refractivity contribution >= 4 is 15.9 Å². The smallest absolute Gasteiger partial charge is 0.251 e. The monoisotopic (exact) mass is 386 g/mol. The van der Waals surface area contributed by atoms with Crippen LogP contribution in [0.5, 0.6) is 0 Å². The summed E-state index contributed by atoms with van der Waals surface area (Å²) in [5, 5.41) is 3.02. The van der Waals surface area contributed by atoms with E-state index >= 15 is 0 Å². The Hall–Kier alpha value is -2.18. The third-order valence-corrected chi connectivity index (χ3v) is 6.89. The van der Waals surface area contributed by atoms with Crippen LogP contribution in [0.2, 0.25) is 0 Å². The zero-order valence-corrected chi connectivity index (χ0v) is 16.6. The molecule has 1 fully saturated rings. The molecule has 1 saturated heterocycles. The molecular formula is C21H26N2O3S. The molecule has 2 aromatic rings. The predicted molar refractivity (Wildman–Crippen MR) is 106 cm³/mol. The highest BCUT2D eigenvalue weighted by atomic mass is 32.2. The minimum Gasteiger partial charge on any atom is -0.345 e. The van der Waals surface area contributed by atoms with Crippen molar-refractivity contribution in [3.8, 4) is 0 Å². The summed E-state index contributed by atoms with van der Waals surface area (Å²) >= 11 is 0. The number of hydrogen-bond acceptors (Lipinski definition) is 3. The Morgan fingerprint density at radius 1 is 1.11 bits per heavy atom. The van der Waals surface area contributed by atoms with Crippen LogP contribution in [0.1, 0.15) is 53.7 Å². The molecule has 0 saturated carbocycles. The molecule has 3 rings (SSSR count). The van der Waals surface area contributed by atoms with Crippen molar-refractivity contribution < 1.29 is 13.2 Å². The number of hydrogen-bond donors (Lipinski definition) is 1. The van der Waals surface area contributed by atoms with Crippen LogP contribution in [0.4, 0.5) is 0 Å². The highest BCUT2D eigenvalue weighted by Crippen LogP contribution is 2.22. The van der Waals surface area contributed by atoms with Gasteiger partial charge in [-0.05, 0) is 49.9 Å². The van der Waals surface area contributed by atoms with Crippen LogP contribution in [-0.4, -0.2) is 31.7 Å². The van der Waals surface area contributed by atoms with Gasteiger partial charge in [-0.15, -0.1) is 0 Å². The number of nitrogens with zero attached hydrogens (tertiary/aromatic N) is 1. The van der Waals surface area contributed by atoms with E-state index in [0.29, 0.717) is 18.7 Å². The number of sulfonamides is 1. The minimum atomic E-state index is -3.53. The average molecular weight is 387 g/mol. The van der Waals surface area contributed by atoms with Crippen molar-refractivity contribution in [1.82, 2.24) is 9.62 Å². The summed E-state index contributed by atoms with van der Waals surface area (Å²) in [6.07, 6.45) is 2.52. The maximum absolute atomic E-state index is 12.7. The Kier molecular flexibility index (Phi) is 5.97. The van der Waals surface area contributed by atoms with Gasteiger partial charge >= 0.3 is 0 Å². The minimum absolute atomic E-state index is 0.114. The van der Waals surface area contributed by atoms with Crippen LogP contribution in [0.3, 0.4) is 0 Å². The molecule has 0 aliphatic carbocycles. The van der Waals surface area contributed by atoms with Gasteiger partial charge in [0, 0.05) is 18.7 Å². The lowest BCUT2D eigenvalue weighted by molar-refractivity contribution is 0.0935. The maximum atomic E-state index is 12.7. The van der Waals surface area contributed by atoms with Crippen molar-refractivity contribution in [2.24, 2.45) is 0 Å². The fourth-order valence-corrected chi connectivity index (χ4v) is 4.90. The first-order valence-corrected chi connectivity index (χ1v) is 10.8. The molecule has 1 amide bonds. The molecule has 0 bridgehead atoms. The second kappa shape index (κ2) is 8.23. The van der Waals surface area contributed by atoms with Gasteiger partial charge in [-0.2, -0.15) is 4.31 Å². The van der Waals surface area contributed by atoms with Gasteiger partial charge in [0.25, 0.3) is 5.91 Å². The largest absolute Gasteiger partial charge is 0.345 e. The highest BCUT2D eigenvalue weighted by Gasteiger charge is 2.27. The quantitative estimate of drug-likeness (QED) is 0.824. The molecule has 1 atom stereocenters. The fourth-order valence-electron chi connectivity index (χ4n) is 3.34. The van der Waals surface area contributed by atoms with E-state index in [9.17, 15) is 13.2 Å². The number of rotatable bonds is 6. The second-order valence-corrected chi connectivity index (χ2v) is 8.92. The van der Waals surface area contributed by atoms with Crippen molar-refractivity contribution in [2.45, 2.75) is 44.0 Å². The SMILES string of the molecule is CCC(NC(=O)c1cccc(S(=O)(=O)N2CCCC2)c1)c1ccc(C)cc1. The van der Waals surface area contributed by atoms with Gasteiger partial charge in [-0.25, -0.2) is 8.42 Å². The van der Waals surface area contributed by atoms with Crippen molar-refractivity contribution in [3.63, 3.8) is 0 Å². The topological polar surface area (TPSA) is 66.5 Å². The number of amides is 1. The summed E-state index contributed by atoms with van der Waals surface area (Å²) in [6, 6.07) is 14.3. The molecular weight excluding hydrogens is 360 g/mol. The van der Waals surface area contributed by atoms with E-state index in [1.54, 1.807) is 18.2 Å². The maximum Gasteiger partial charge on any atom is 0.251 e. The van der Waals surface area contributed by atoms with Crippen LogP contribution in [0.25, 0.3) is 0 Å². The van der Waals surface area contributed by atoms with Gasteiger partial charge < -0.3 is 5.32 Å². The van der Waals surface area contributed by atoms with Gasteiger partial charge in [0.2, 0.25) is 10.0 Å². The molecule has 1 aliphatic heterocycles. The zero-order chi connectivity index (χ0) is 19.4. The first-order chi connectivity index (χ1) is 12.9. The lowest BCUT2D eigenvalue weighted by Crippen LogP contribution is -2.30. The van der Waals surface area contributed by atoms with Gasteiger partial charge in [0.05, 0.1) is 10.9 Å². The average Bonchev–Trinajstić information content (AvgIpc) is 3.22. The summed E-state index contributed by atoms with van der Waals surface area (Å²) in [7, 11) is -3.53. The molecule has 1 aliphatic rings. The molecule has 27 heavy (non-hydrogen) atoms. The van der Waals surface area contributed by atoms with E-state index in [1.807, 2.05) is 38.1 Å². The standard InChI is InChI=1S/C21H26N2O3S/c1-3-20(17-11-9-16(2)10-12-17)22-21(24)18-7-6-8-19(15-18)27(25,26)23-13-4-5-14-23/h6-12,15,20H,3-5,13-14H2,1-2H3,(H,22,24). The molecule has 5 nitrogen and oxygen atoms in total. The fraction of sp³-hybridized carbons (Fsp3) is 0.381. The first kappa shape index (κ1) is 19.6. The molecule has 144 valence electrons. The summed E-state index contributed by atoms with van der Waals surface area (Å²) < 4.78 is 27.0. The summed E-state index contributed by atoms with van der Waals surface area (Å²) in [4.78, 5) is 12.9. The normalized spacial score (nSPS) is 16.2. The van der Waals surface area contributed by atoms with Crippen LogP contribution in [0.15, 0.2) is 53.4 Å². The molecule has 1 N–H and O–H groups in total. The second-order valence-electron chi connectivity index (χ2n) is 6.98. The van der Waals surface area contributed by atoms with E-state index in [2.05, 4.69) is 5.32 Å². The van der Waals surface area contributed by atoms with E-state index in [1.165, 1.54) is 15.9 Å². The molecule has 6 heteroatoms. The van der Waals surface area contributed by atoms with Crippen LogP contribution >= 0.6 is 0 Å². The molecule has 0 aromatic heterocycles. The number of nitrogens with one attached hydrogen (secondary N) is 1. The van der Waals surface area contributed by atoms with Crippen LogP contribution in [-0.2, 0) is 10.0 Å². The van der Waals surface area contributed by atoms with Gasteiger partial charge in [-0.1, -0.05) is 42.8 Å². The molecule has 1 heterocycles. The predicted octanol–water partition coefficient (Wildman–Crippen LogP) is 3.66. The van der Waals surface area contributed by atoms with Crippen molar-refractivity contribution in [3.05, 3.63) is 65.2 Å². The summed E-state index contributed by atoms with van der Waals surface area (Å²) in [6.45, 7) is 5.13. The van der Waals surface area contributed by atoms with E-state index in [4.69, 9.17) is 0 Å². The van der Waals surface area contributed by atoms with Gasteiger partial charge in [0.1, 0.15) is 0 Å². The van der Waals surface area contributed by atoms with Crippen molar-refractivity contribution in [1.29, 1.82) is 0 Å². The third kappa shape index (κ3) is 4.39. The first-order valence-electron chi connectivity index (χ1n) is 9.39. The molecule has 0 radical (unpaired) electrons. The Morgan fingerprint density at radius 3 is 2.41 bits per heavy atom. The Balaban J connectivity index is 1.79. The Bertz CT molecular complexity index is 901. The zero-order valence-electron chi connectivity index (χ0n) is 15.8. The van der Waals surface area contributed by atoms with Gasteiger partial charge in [-0.3, -0.25) is 4.79 Å². The highest BCUT2D eigenvalue weighted by molar-refractivity contribution is 7.89. The van der Waals surface area contributed by atoms with E-state index in [-0.39, 0.29) is 16.8 Å². The summed E-state index contributed by atoms with van der Waals surface area (Å²) in [5.74, 6) is -0.263. The Morgan fingerprint density at radius 2 is 1.78 bits per heavy atom. The molecule has 2 aromatic carbocycles. The number of carbonyl (C=O) groups excluding carboxylic acids is 1. The lowest BCUT2D eigenvalue weighted by atomic mass is 10.0. The molecule has 0 spiro atoms. The Labute approximate surface area is 161 Å². The number of carbonyl (C=O) groups is 1. The van der Waals surface area contributed by atoms with E-state index in [0.717, 1.165) is 24.8 Å². The lowest BCUT2D eigenvalue weighted by Gasteiger charge is -2.19. The summed E-state index contributed by atoms with van der Waals surface area (Å²) in [5.41, 5.74) is 2.57.